The fraction of sp³-hybridized carbons (Fsp3) is 0.900. The molecule has 0 aromatic carbocycles. The van der Waals surface area contributed by atoms with Crippen molar-refractivity contribution in [3.05, 3.63) is 0 Å². The molecule has 3 heteroatoms. The summed E-state index contributed by atoms with van der Waals surface area (Å²) in [5, 5.41) is 3.01. The zero-order valence-corrected chi connectivity index (χ0v) is 9.16. The Morgan fingerprint density at radius 1 is 1.62 bits per heavy atom. The number of halogens is 1. The van der Waals surface area contributed by atoms with Crippen LogP contribution in [0.1, 0.15) is 39.5 Å². The van der Waals surface area contributed by atoms with Crippen molar-refractivity contribution in [2.75, 3.05) is 5.88 Å². The van der Waals surface area contributed by atoms with Gasteiger partial charge in [-0.1, -0.05) is 13.8 Å². The van der Waals surface area contributed by atoms with Crippen LogP contribution in [0.15, 0.2) is 0 Å². The molecule has 1 unspecified atom stereocenters. The number of carbonyl (C=O) groups excluding carboxylic acids is 1. The maximum absolute atomic E-state index is 11.2. The second-order valence-electron chi connectivity index (χ2n) is 4.61. The zero-order chi connectivity index (χ0) is 9.90. The van der Waals surface area contributed by atoms with Crippen LogP contribution >= 0.6 is 11.6 Å². The molecular weight excluding hydrogens is 186 g/mol. The first-order valence-corrected chi connectivity index (χ1v) is 5.42. The Balaban J connectivity index is 2.28. The Bertz CT molecular complexity index is 191. The lowest BCUT2D eigenvalue weighted by atomic mass is 9.92. The van der Waals surface area contributed by atoms with Crippen LogP contribution in [0.4, 0.5) is 0 Å². The van der Waals surface area contributed by atoms with Gasteiger partial charge in [-0.05, 0) is 24.7 Å². The monoisotopic (exact) mass is 203 g/mol. The number of alkyl halides is 1. The van der Waals surface area contributed by atoms with E-state index in [4.69, 9.17) is 11.6 Å². The number of amides is 1. The van der Waals surface area contributed by atoms with E-state index in [2.05, 4.69) is 19.2 Å². The van der Waals surface area contributed by atoms with E-state index in [0.29, 0.717) is 23.8 Å². The summed E-state index contributed by atoms with van der Waals surface area (Å²) in [6, 6.07) is 0.380. The molecule has 1 saturated carbocycles. The third-order valence-electron chi connectivity index (χ3n) is 2.66. The zero-order valence-electron chi connectivity index (χ0n) is 8.40. The van der Waals surface area contributed by atoms with Crippen LogP contribution in [0, 0.1) is 5.41 Å². The molecule has 0 aliphatic heterocycles. The van der Waals surface area contributed by atoms with Crippen molar-refractivity contribution in [1.29, 1.82) is 0 Å². The van der Waals surface area contributed by atoms with Gasteiger partial charge >= 0.3 is 0 Å². The van der Waals surface area contributed by atoms with Crippen molar-refractivity contribution in [2.45, 2.75) is 45.6 Å². The van der Waals surface area contributed by atoms with Crippen molar-refractivity contribution < 1.29 is 4.79 Å². The van der Waals surface area contributed by atoms with Crippen molar-refractivity contribution in [1.82, 2.24) is 5.32 Å². The Kier molecular flexibility index (Phi) is 3.60. The fourth-order valence-electron chi connectivity index (χ4n) is 1.94. The lowest BCUT2D eigenvalue weighted by Gasteiger charge is -2.17. The van der Waals surface area contributed by atoms with Crippen molar-refractivity contribution in [3.63, 3.8) is 0 Å². The summed E-state index contributed by atoms with van der Waals surface area (Å²) >= 11 is 5.48. The van der Waals surface area contributed by atoms with Crippen LogP contribution in [-0.4, -0.2) is 17.8 Å². The largest absolute Gasteiger partial charge is 0.353 e. The van der Waals surface area contributed by atoms with Crippen molar-refractivity contribution in [3.8, 4) is 0 Å². The second kappa shape index (κ2) is 4.32. The van der Waals surface area contributed by atoms with Crippen molar-refractivity contribution in [2.24, 2.45) is 5.41 Å². The normalized spacial score (nSPS) is 25.9. The molecule has 2 nitrogen and oxygen atoms in total. The van der Waals surface area contributed by atoms with Gasteiger partial charge in [0.25, 0.3) is 0 Å². The van der Waals surface area contributed by atoms with Gasteiger partial charge in [-0.25, -0.2) is 0 Å². The van der Waals surface area contributed by atoms with E-state index in [0.717, 1.165) is 12.8 Å². The molecule has 1 N–H and O–H groups in total. The number of hydrogen-bond donors (Lipinski definition) is 1. The number of carbonyl (C=O) groups is 1. The van der Waals surface area contributed by atoms with Gasteiger partial charge in [0.2, 0.25) is 5.91 Å². The highest BCUT2D eigenvalue weighted by Crippen LogP contribution is 2.36. The second-order valence-corrected chi connectivity index (χ2v) is 4.99. The van der Waals surface area contributed by atoms with Gasteiger partial charge in [0.15, 0.2) is 0 Å². The highest BCUT2D eigenvalue weighted by atomic mass is 35.5. The van der Waals surface area contributed by atoms with Gasteiger partial charge in [-0.3, -0.25) is 4.79 Å². The average molecular weight is 204 g/mol. The molecule has 0 bridgehead atoms. The van der Waals surface area contributed by atoms with E-state index in [1.165, 1.54) is 6.42 Å². The first-order valence-electron chi connectivity index (χ1n) is 4.89. The van der Waals surface area contributed by atoms with E-state index in [-0.39, 0.29) is 5.91 Å². The Morgan fingerprint density at radius 2 is 2.31 bits per heavy atom. The van der Waals surface area contributed by atoms with Gasteiger partial charge in [-0.15, -0.1) is 11.6 Å². The fourth-order valence-corrected chi connectivity index (χ4v) is 2.12. The molecule has 0 aromatic rings. The lowest BCUT2D eigenvalue weighted by Crippen LogP contribution is -2.33. The Hall–Kier alpha value is -0.240. The SMILES string of the molecule is CC1(C)CCC(NC(=O)CCCl)C1. The molecule has 13 heavy (non-hydrogen) atoms. The van der Waals surface area contributed by atoms with Crippen LogP contribution in [0.5, 0.6) is 0 Å². The smallest absolute Gasteiger partial charge is 0.221 e. The third-order valence-corrected chi connectivity index (χ3v) is 2.84. The molecule has 1 atom stereocenters. The predicted octanol–water partition coefficient (Wildman–Crippen LogP) is 2.31. The van der Waals surface area contributed by atoms with Crippen LogP contribution in [0.2, 0.25) is 0 Å². The molecule has 1 aliphatic carbocycles. The molecule has 0 heterocycles. The summed E-state index contributed by atoms with van der Waals surface area (Å²) < 4.78 is 0. The molecule has 0 saturated heterocycles. The first-order chi connectivity index (χ1) is 6.03. The maximum atomic E-state index is 11.2. The molecule has 0 radical (unpaired) electrons. The highest BCUT2D eigenvalue weighted by Gasteiger charge is 2.31. The van der Waals surface area contributed by atoms with E-state index in [9.17, 15) is 4.79 Å². The van der Waals surface area contributed by atoms with E-state index in [1.807, 2.05) is 0 Å². The molecular formula is C10H18ClNO. The minimum atomic E-state index is 0.0951. The summed E-state index contributed by atoms with van der Waals surface area (Å²) in [5.74, 6) is 0.514. The van der Waals surface area contributed by atoms with Gasteiger partial charge in [0.1, 0.15) is 0 Å². The summed E-state index contributed by atoms with van der Waals surface area (Å²) in [5.41, 5.74) is 0.402. The number of rotatable bonds is 3. The molecule has 1 amide bonds. The third kappa shape index (κ3) is 3.55. The summed E-state index contributed by atoms with van der Waals surface area (Å²) in [6.07, 6.45) is 3.86. The van der Waals surface area contributed by atoms with Crippen LogP contribution < -0.4 is 5.32 Å². The topological polar surface area (TPSA) is 29.1 Å². The predicted molar refractivity (Wildman–Crippen MR) is 54.9 cm³/mol. The van der Waals surface area contributed by atoms with Gasteiger partial charge < -0.3 is 5.32 Å². The Morgan fingerprint density at radius 3 is 2.77 bits per heavy atom. The van der Waals surface area contributed by atoms with Crippen molar-refractivity contribution >= 4 is 17.5 Å². The van der Waals surface area contributed by atoms with Crippen LogP contribution in [0.3, 0.4) is 0 Å². The molecule has 0 aromatic heterocycles. The quantitative estimate of drug-likeness (QED) is 0.701. The van der Waals surface area contributed by atoms with Crippen LogP contribution in [0.25, 0.3) is 0 Å². The molecule has 0 spiro atoms. The van der Waals surface area contributed by atoms with E-state index >= 15 is 0 Å². The number of nitrogens with one attached hydrogen (secondary N) is 1. The van der Waals surface area contributed by atoms with Gasteiger partial charge in [-0.2, -0.15) is 0 Å². The summed E-state index contributed by atoms with van der Waals surface area (Å²) in [7, 11) is 0. The minimum absolute atomic E-state index is 0.0951. The lowest BCUT2D eigenvalue weighted by molar-refractivity contribution is -0.121. The van der Waals surface area contributed by atoms with Gasteiger partial charge in [0.05, 0.1) is 0 Å². The van der Waals surface area contributed by atoms with E-state index in [1.54, 1.807) is 0 Å². The summed E-state index contributed by atoms with van der Waals surface area (Å²) in [6.45, 7) is 4.50. The summed E-state index contributed by atoms with van der Waals surface area (Å²) in [4.78, 5) is 11.2. The standard InChI is InChI=1S/C10H18ClNO/c1-10(2)5-3-8(7-10)12-9(13)4-6-11/h8H,3-7H2,1-2H3,(H,12,13). The van der Waals surface area contributed by atoms with Gasteiger partial charge in [0, 0.05) is 18.3 Å². The molecule has 1 aliphatic rings. The van der Waals surface area contributed by atoms with E-state index < -0.39 is 0 Å². The first kappa shape index (κ1) is 10.8. The molecule has 1 rings (SSSR count). The average Bonchev–Trinajstić information content (AvgIpc) is 2.30. The molecule has 1 fully saturated rings. The highest BCUT2D eigenvalue weighted by molar-refractivity contribution is 6.18. The van der Waals surface area contributed by atoms with Crippen LogP contribution in [-0.2, 0) is 4.79 Å². The maximum Gasteiger partial charge on any atom is 0.221 e. The number of hydrogen-bond acceptors (Lipinski definition) is 1. The Labute approximate surface area is 85.0 Å². The molecule has 76 valence electrons. The minimum Gasteiger partial charge on any atom is -0.353 e.